The van der Waals surface area contributed by atoms with Crippen molar-refractivity contribution in [3.8, 4) is 0 Å². The maximum Gasteiger partial charge on any atom is 0.146 e. The van der Waals surface area contributed by atoms with E-state index in [0.29, 0.717) is 5.82 Å². The van der Waals surface area contributed by atoms with Crippen LogP contribution in [-0.2, 0) is 0 Å². The summed E-state index contributed by atoms with van der Waals surface area (Å²) in [7, 11) is 0. The number of hydrogen-bond acceptors (Lipinski definition) is 5. The number of anilines is 2. The molecule has 0 fully saturated rings. The van der Waals surface area contributed by atoms with Gasteiger partial charge in [0.05, 0.1) is 12.1 Å². The smallest absolute Gasteiger partial charge is 0.146 e. The van der Waals surface area contributed by atoms with E-state index in [-0.39, 0.29) is 12.1 Å². The fourth-order valence-electron chi connectivity index (χ4n) is 1.69. The molecular weight excluding hydrogens is 296 g/mol. The topological polar surface area (TPSA) is 70.1 Å². The molecule has 0 spiro atoms. The van der Waals surface area contributed by atoms with Gasteiger partial charge in [0.25, 0.3) is 0 Å². The summed E-state index contributed by atoms with van der Waals surface area (Å²) in [4.78, 5) is 8.39. The van der Waals surface area contributed by atoms with Gasteiger partial charge in [-0.3, -0.25) is 0 Å². The van der Waals surface area contributed by atoms with Gasteiger partial charge in [-0.25, -0.2) is 9.97 Å². The Kier molecular flexibility index (Phi) is 5.81. The maximum absolute atomic E-state index is 9.56. The van der Waals surface area contributed by atoms with E-state index in [1.54, 1.807) is 0 Å². The average molecular weight is 317 g/mol. The van der Waals surface area contributed by atoms with Crippen molar-refractivity contribution in [2.45, 2.75) is 39.2 Å². The van der Waals surface area contributed by atoms with Gasteiger partial charge >= 0.3 is 0 Å². The molecule has 1 aromatic heterocycles. The fourth-order valence-corrected chi connectivity index (χ4v) is 2.13. The van der Waals surface area contributed by atoms with Crippen LogP contribution in [0.4, 0.5) is 11.6 Å². The van der Waals surface area contributed by atoms with Crippen molar-refractivity contribution >= 4 is 27.6 Å². The van der Waals surface area contributed by atoms with Crippen LogP contribution >= 0.6 is 15.9 Å². The van der Waals surface area contributed by atoms with Crippen molar-refractivity contribution in [1.29, 1.82) is 0 Å². The predicted octanol–water partition coefficient (Wildman–Crippen LogP) is 2.63. The Hall–Kier alpha value is -0.880. The molecular formula is C12H21BrN4O. The highest BCUT2D eigenvalue weighted by Crippen LogP contribution is 2.30. The van der Waals surface area contributed by atoms with E-state index in [4.69, 9.17) is 0 Å². The monoisotopic (exact) mass is 316 g/mol. The molecule has 5 nitrogen and oxygen atoms in total. The van der Waals surface area contributed by atoms with Crippen molar-refractivity contribution < 1.29 is 5.11 Å². The molecule has 0 saturated carbocycles. The van der Waals surface area contributed by atoms with Gasteiger partial charge in [0.15, 0.2) is 0 Å². The standard InChI is InChI=1S/C12H21BrN4O/c1-4-12(5-2,7-18)17-11-9(13)10(14-6-3)15-8-16-11/h8,18H,4-7H2,1-3H3,(H2,14,15,16,17). The SMILES string of the molecule is CCNc1ncnc(NC(CC)(CC)CO)c1Br. The summed E-state index contributed by atoms with van der Waals surface area (Å²) in [6.45, 7) is 6.98. The number of aliphatic hydroxyl groups excluding tert-OH is 1. The summed E-state index contributed by atoms with van der Waals surface area (Å²) in [5, 5.41) is 16.0. The van der Waals surface area contributed by atoms with Gasteiger partial charge in [-0.2, -0.15) is 0 Å². The highest BCUT2D eigenvalue weighted by molar-refractivity contribution is 9.10. The van der Waals surface area contributed by atoms with Crippen molar-refractivity contribution in [3.05, 3.63) is 10.8 Å². The minimum Gasteiger partial charge on any atom is -0.394 e. The van der Waals surface area contributed by atoms with Crippen LogP contribution < -0.4 is 10.6 Å². The molecule has 1 aromatic rings. The van der Waals surface area contributed by atoms with Gasteiger partial charge in [0, 0.05) is 6.54 Å². The second-order valence-corrected chi connectivity index (χ2v) is 4.98. The molecule has 0 atom stereocenters. The van der Waals surface area contributed by atoms with Crippen molar-refractivity contribution in [3.63, 3.8) is 0 Å². The lowest BCUT2D eigenvalue weighted by atomic mass is 9.94. The number of aliphatic hydroxyl groups is 1. The Morgan fingerprint density at radius 3 is 2.33 bits per heavy atom. The number of aromatic nitrogens is 2. The van der Waals surface area contributed by atoms with Crippen molar-refractivity contribution in [2.75, 3.05) is 23.8 Å². The summed E-state index contributed by atoms with van der Waals surface area (Å²) in [5.41, 5.74) is -0.333. The van der Waals surface area contributed by atoms with Crippen LogP contribution in [-0.4, -0.2) is 33.8 Å². The molecule has 0 aromatic carbocycles. The summed E-state index contributed by atoms with van der Waals surface area (Å²) in [5.74, 6) is 1.47. The van der Waals surface area contributed by atoms with Crippen LogP contribution in [0.25, 0.3) is 0 Å². The van der Waals surface area contributed by atoms with Crippen LogP contribution in [0.2, 0.25) is 0 Å². The van der Waals surface area contributed by atoms with Crippen LogP contribution in [0.5, 0.6) is 0 Å². The third kappa shape index (κ3) is 3.32. The molecule has 18 heavy (non-hydrogen) atoms. The number of rotatable bonds is 7. The lowest BCUT2D eigenvalue weighted by molar-refractivity contribution is 0.202. The molecule has 0 saturated heterocycles. The maximum atomic E-state index is 9.56. The Labute approximate surface area is 117 Å². The largest absolute Gasteiger partial charge is 0.394 e. The van der Waals surface area contributed by atoms with Crippen LogP contribution in [0, 0.1) is 0 Å². The first kappa shape index (κ1) is 15.2. The zero-order valence-electron chi connectivity index (χ0n) is 11.1. The molecule has 0 aliphatic heterocycles. The lowest BCUT2D eigenvalue weighted by Crippen LogP contribution is -2.41. The molecule has 1 rings (SSSR count). The molecule has 1 heterocycles. The Morgan fingerprint density at radius 2 is 1.83 bits per heavy atom. The Bertz CT molecular complexity index is 374. The second-order valence-electron chi connectivity index (χ2n) is 4.19. The second kappa shape index (κ2) is 6.89. The van der Waals surface area contributed by atoms with E-state index in [1.165, 1.54) is 6.33 Å². The van der Waals surface area contributed by atoms with E-state index >= 15 is 0 Å². The van der Waals surface area contributed by atoms with E-state index < -0.39 is 0 Å². The summed E-state index contributed by atoms with van der Waals surface area (Å²) < 4.78 is 0.798. The third-order valence-electron chi connectivity index (χ3n) is 3.17. The molecule has 0 bridgehead atoms. The highest BCUT2D eigenvalue weighted by atomic mass is 79.9. The van der Waals surface area contributed by atoms with Gasteiger partial charge in [-0.1, -0.05) is 13.8 Å². The van der Waals surface area contributed by atoms with E-state index in [1.807, 2.05) is 20.8 Å². The minimum absolute atomic E-state index is 0.0764. The lowest BCUT2D eigenvalue weighted by Gasteiger charge is -2.31. The summed E-state index contributed by atoms with van der Waals surface area (Å²) in [6.07, 6.45) is 3.17. The number of nitrogens with one attached hydrogen (secondary N) is 2. The molecule has 0 unspecified atom stereocenters. The van der Waals surface area contributed by atoms with Gasteiger partial charge < -0.3 is 15.7 Å². The third-order valence-corrected chi connectivity index (χ3v) is 3.92. The first-order valence-electron chi connectivity index (χ1n) is 6.25. The highest BCUT2D eigenvalue weighted by Gasteiger charge is 2.26. The molecule has 0 aliphatic rings. The average Bonchev–Trinajstić information content (AvgIpc) is 2.41. The zero-order chi connectivity index (χ0) is 13.6. The first-order valence-corrected chi connectivity index (χ1v) is 7.05. The van der Waals surface area contributed by atoms with Crippen molar-refractivity contribution in [1.82, 2.24) is 9.97 Å². The summed E-state index contributed by atoms with van der Waals surface area (Å²) >= 11 is 3.49. The Balaban J connectivity index is 2.99. The van der Waals surface area contributed by atoms with Crippen LogP contribution in [0.1, 0.15) is 33.6 Å². The number of halogens is 1. The molecule has 0 amide bonds. The molecule has 0 radical (unpaired) electrons. The molecule has 6 heteroatoms. The van der Waals surface area contributed by atoms with Crippen molar-refractivity contribution in [2.24, 2.45) is 0 Å². The van der Waals surface area contributed by atoms with Gasteiger partial charge in [0.2, 0.25) is 0 Å². The van der Waals surface area contributed by atoms with E-state index in [0.717, 1.165) is 29.7 Å². The molecule has 0 aliphatic carbocycles. The zero-order valence-corrected chi connectivity index (χ0v) is 12.7. The quantitative estimate of drug-likeness (QED) is 0.721. The minimum atomic E-state index is -0.333. The summed E-state index contributed by atoms with van der Waals surface area (Å²) in [6, 6.07) is 0. The fraction of sp³-hybridized carbons (Fsp3) is 0.667. The van der Waals surface area contributed by atoms with Gasteiger partial charge in [-0.05, 0) is 35.7 Å². The van der Waals surface area contributed by atoms with Crippen LogP contribution in [0.3, 0.4) is 0 Å². The number of hydrogen-bond donors (Lipinski definition) is 3. The van der Waals surface area contributed by atoms with Gasteiger partial charge in [-0.15, -0.1) is 0 Å². The first-order chi connectivity index (χ1) is 8.62. The predicted molar refractivity (Wildman–Crippen MR) is 77.9 cm³/mol. The molecule has 3 N–H and O–H groups in total. The van der Waals surface area contributed by atoms with Crippen LogP contribution in [0.15, 0.2) is 10.8 Å². The Morgan fingerprint density at radius 1 is 1.22 bits per heavy atom. The van der Waals surface area contributed by atoms with E-state index in [2.05, 4.69) is 36.5 Å². The van der Waals surface area contributed by atoms with E-state index in [9.17, 15) is 5.11 Å². The van der Waals surface area contributed by atoms with Gasteiger partial charge in [0.1, 0.15) is 22.4 Å². The number of nitrogens with zero attached hydrogens (tertiary/aromatic N) is 2. The molecule has 102 valence electrons. The normalized spacial score (nSPS) is 11.4.